The molecule has 0 radical (unpaired) electrons. The van der Waals surface area contributed by atoms with Crippen molar-refractivity contribution in [1.82, 2.24) is 9.62 Å². The highest BCUT2D eigenvalue weighted by molar-refractivity contribution is 7.89. The van der Waals surface area contributed by atoms with Crippen molar-refractivity contribution in [3.63, 3.8) is 0 Å². The molecule has 0 spiro atoms. The minimum atomic E-state index is -3.72. The van der Waals surface area contributed by atoms with Gasteiger partial charge in [0.1, 0.15) is 6.04 Å². The number of carbonyl (C=O) groups excluding carboxylic acids is 1. The van der Waals surface area contributed by atoms with Crippen molar-refractivity contribution in [2.45, 2.75) is 37.2 Å². The topological polar surface area (TPSA) is 66.5 Å². The van der Waals surface area contributed by atoms with Crippen LogP contribution in [0.25, 0.3) is 0 Å². The van der Waals surface area contributed by atoms with Crippen LogP contribution in [-0.2, 0) is 21.4 Å². The summed E-state index contributed by atoms with van der Waals surface area (Å²) in [6, 6.07) is 13.2. The number of hydrogen-bond acceptors (Lipinski definition) is 3. The van der Waals surface area contributed by atoms with Gasteiger partial charge in [0, 0.05) is 18.1 Å². The highest BCUT2D eigenvalue weighted by Crippen LogP contribution is 2.27. The fraction of sp³-hybridized carbons (Fsp3) is 0.316. The Balaban J connectivity index is 1.71. The number of nitrogens with one attached hydrogen (secondary N) is 1. The van der Waals surface area contributed by atoms with E-state index in [1.165, 1.54) is 28.6 Å². The molecule has 1 aliphatic heterocycles. The smallest absolute Gasteiger partial charge is 0.243 e. The summed E-state index contributed by atoms with van der Waals surface area (Å²) >= 11 is 5.84. The van der Waals surface area contributed by atoms with Crippen molar-refractivity contribution in [1.29, 1.82) is 0 Å². The first-order valence-electron chi connectivity index (χ1n) is 8.48. The Morgan fingerprint density at radius 1 is 1.15 bits per heavy atom. The molecule has 0 unspecified atom stereocenters. The molecule has 0 aliphatic carbocycles. The van der Waals surface area contributed by atoms with Crippen LogP contribution in [0.4, 0.5) is 0 Å². The molecule has 138 valence electrons. The second-order valence-electron chi connectivity index (χ2n) is 6.43. The van der Waals surface area contributed by atoms with Gasteiger partial charge in [0.2, 0.25) is 15.9 Å². The van der Waals surface area contributed by atoms with Gasteiger partial charge in [0.15, 0.2) is 0 Å². The van der Waals surface area contributed by atoms with E-state index < -0.39 is 16.1 Å². The Bertz CT molecular complexity index is 880. The molecule has 1 fully saturated rings. The van der Waals surface area contributed by atoms with Crippen LogP contribution in [0.3, 0.4) is 0 Å². The van der Waals surface area contributed by atoms with Crippen LogP contribution in [0.5, 0.6) is 0 Å². The van der Waals surface area contributed by atoms with Gasteiger partial charge in [-0.25, -0.2) is 8.42 Å². The van der Waals surface area contributed by atoms with Gasteiger partial charge in [0.05, 0.1) is 4.90 Å². The number of amides is 1. The van der Waals surface area contributed by atoms with Gasteiger partial charge in [-0.3, -0.25) is 4.79 Å². The molecule has 0 aromatic heterocycles. The molecule has 1 N–H and O–H groups in total. The van der Waals surface area contributed by atoms with E-state index in [1.54, 1.807) is 0 Å². The number of benzene rings is 2. The van der Waals surface area contributed by atoms with E-state index in [4.69, 9.17) is 11.6 Å². The standard InChI is InChI=1S/C19H21ClN2O3S/c1-14-4-6-15(7-5-14)13-21-19(23)18-3-2-12-22(18)26(24,25)17-10-8-16(20)9-11-17/h4-11,18H,2-3,12-13H2,1H3,(H,21,23)/t18-/m0/s1. The molecule has 0 saturated carbocycles. The van der Waals surface area contributed by atoms with E-state index in [2.05, 4.69) is 5.32 Å². The van der Waals surface area contributed by atoms with Crippen LogP contribution in [0.1, 0.15) is 24.0 Å². The second-order valence-corrected chi connectivity index (χ2v) is 8.76. The van der Waals surface area contributed by atoms with Crippen molar-refractivity contribution in [3.8, 4) is 0 Å². The Labute approximate surface area is 159 Å². The van der Waals surface area contributed by atoms with Crippen molar-refractivity contribution in [2.75, 3.05) is 6.54 Å². The number of sulfonamides is 1. The molecule has 2 aromatic rings. The fourth-order valence-electron chi connectivity index (χ4n) is 3.04. The van der Waals surface area contributed by atoms with Crippen LogP contribution >= 0.6 is 11.6 Å². The minimum Gasteiger partial charge on any atom is -0.351 e. The van der Waals surface area contributed by atoms with Crippen LogP contribution in [0.15, 0.2) is 53.4 Å². The minimum absolute atomic E-state index is 0.153. The number of carbonyl (C=O) groups is 1. The maximum Gasteiger partial charge on any atom is 0.243 e. The number of hydrogen-bond donors (Lipinski definition) is 1. The Morgan fingerprint density at radius 2 is 1.81 bits per heavy atom. The highest BCUT2D eigenvalue weighted by Gasteiger charge is 2.39. The van der Waals surface area contributed by atoms with E-state index in [-0.39, 0.29) is 10.8 Å². The predicted molar refractivity (Wildman–Crippen MR) is 101 cm³/mol. The number of nitrogens with zero attached hydrogens (tertiary/aromatic N) is 1. The fourth-order valence-corrected chi connectivity index (χ4v) is 4.83. The van der Waals surface area contributed by atoms with Gasteiger partial charge in [0.25, 0.3) is 0 Å². The lowest BCUT2D eigenvalue weighted by atomic mass is 10.1. The summed E-state index contributed by atoms with van der Waals surface area (Å²) in [5, 5.41) is 3.33. The molecule has 1 atom stereocenters. The highest BCUT2D eigenvalue weighted by atomic mass is 35.5. The average molecular weight is 393 g/mol. The third kappa shape index (κ3) is 4.09. The summed E-state index contributed by atoms with van der Waals surface area (Å²) in [5.74, 6) is -0.263. The third-order valence-electron chi connectivity index (χ3n) is 4.51. The summed E-state index contributed by atoms with van der Waals surface area (Å²) < 4.78 is 27.0. The zero-order chi connectivity index (χ0) is 18.7. The quantitative estimate of drug-likeness (QED) is 0.850. The van der Waals surface area contributed by atoms with Crippen LogP contribution < -0.4 is 5.32 Å². The zero-order valence-electron chi connectivity index (χ0n) is 14.5. The summed E-state index contributed by atoms with van der Waals surface area (Å²) in [5.41, 5.74) is 2.13. The number of halogens is 1. The van der Waals surface area contributed by atoms with Gasteiger partial charge in [-0.1, -0.05) is 41.4 Å². The molecule has 7 heteroatoms. The van der Waals surface area contributed by atoms with Gasteiger partial charge < -0.3 is 5.32 Å². The molecule has 0 bridgehead atoms. The SMILES string of the molecule is Cc1ccc(CNC(=O)[C@@H]2CCCN2S(=O)(=O)c2ccc(Cl)cc2)cc1. The summed E-state index contributed by atoms with van der Waals surface area (Å²) in [6.07, 6.45) is 1.18. The molecule has 1 heterocycles. The first-order valence-corrected chi connectivity index (χ1v) is 10.3. The van der Waals surface area contributed by atoms with E-state index in [0.717, 1.165) is 11.1 Å². The molecule has 1 saturated heterocycles. The molecular formula is C19H21ClN2O3S. The van der Waals surface area contributed by atoms with Crippen LogP contribution in [0, 0.1) is 6.92 Å². The monoisotopic (exact) mass is 392 g/mol. The van der Waals surface area contributed by atoms with Crippen molar-refractivity contribution in [2.24, 2.45) is 0 Å². The van der Waals surface area contributed by atoms with E-state index >= 15 is 0 Å². The van der Waals surface area contributed by atoms with Gasteiger partial charge >= 0.3 is 0 Å². The van der Waals surface area contributed by atoms with Gasteiger partial charge in [-0.05, 0) is 49.6 Å². The first-order chi connectivity index (χ1) is 12.4. The Hall–Kier alpha value is -1.89. The Morgan fingerprint density at radius 3 is 2.46 bits per heavy atom. The summed E-state index contributed by atoms with van der Waals surface area (Å²) in [7, 11) is -3.72. The first kappa shape index (κ1) is 18.9. The van der Waals surface area contributed by atoms with Gasteiger partial charge in [-0.2, -0.15) is 4.31 Å². The normalized spacial score (nSPS) is 18.0. The lowest BCUT2D eigenvalue weighted by Crippen LogP contribution is -2.45. The van der Waals surface area contributed by atoms with Crippen LogP contribution in [-0.4, -0.2) is 31.2 Å². The van der Waals surface area contributed by atoms with Gasteiger partial charge in [-0.15, -0.1) is 0 Å². The van der Waals surface area contributed by atoms with Crippen molar-refractivity contribution >= 4 is 27.5 Å². The largest absolute Gasteiger partial charge is 0.351 e. The number of aryl methyl sites for hydroxylation is 1. The zero-order valence-corrected chi connectivity index (χ0v) is 16.1. The second kappa shape index (κ2) is 7.78. The van der Waals surface area contributed by atoms with E-state index in [0.29, 0.717) is 31.0 Å². The number of rotatable bonds is 5. The van der Waals surface area contributed by atoms with Crippen LogP contribution in [0.2, 0.25) is 5.02 Å². The Kier molecular flexibility index (Phi) is 5.65. The van der Waals surface area contributed by atoms with E-state index in [1.807, 2.05) is 31.2 Å². The average Bonchev–Trinajstić information content (AvgIpc) is 3.12. The molecular weight excluding hydrogens is 372 g/mol. The summed E-state index contributed by atoms with van der Waals surface area (Å²) in [6.45, 7) is 2.72. The van der Waals surface area contributed by atoms with E-state index in [9.17, 15) is 13.2 Å². The molecule has 1 amide bonds. The molecule has 26 heavy (non-hydrogen) atoms. The third-order valence-corrected chi connectivity index (χ3v) is 6.69. The lowest BCUT2D eigenvalue weighted by Gasteiger charge is -2.23. The molecule has 1 aliphatic rings. The molecule has 3 rings (SSSR count). The van der Waals surface area contributed by atoms with Crippen molar-refractivity contribution < 1.29 is 13.2 Å². The molecule has 5 nitrogen and oxygen atoms in total. The maximum atomic E-state index is 12.9. The van der Waals surface area contributed by atoms with Crippen molar-refractivity contribution in [3.05, 3.63) is 64.7 Å². The predicted octanol–water partition coefficient (Wildman–Crippen LogP) is 3.12. The molecule has 2 aromatic carbocycles. The lowest BCUT2D eigenvalue weighted by molar-refractivity contribution is -0.124. The summed E-state index contributed by atoms with van der Waals surface area (Å²) in [4.78, 5) is 12.7. The maximum absolute atomic E-state index is 12.9.